The van der Waals surface area contributed by atoms with Crippen molar-refractivity contribution in [2.45, 2.75) is 6.10 Å². The average molecular weight is 295 g/mol. The van der Waals surface area contributed by atoms with Gasteiger partial charge >= 0.3 is 0 Å². The second-order valence-electron chi connectivity index (χ2n) is 4.92. The fourth-order valence-corrected chi connectivity index (χ4v) is 2.55. The van der Waals surface area contributed by atoms with E-state index in [9.17, 15) is 10.1 Å². The summed E-state index contributed by atoms with van der Waals surface area (Å²) < 4.78 is 16.4. The highest BCUT2D eigenvalue weighted by molar-refractivity contribution is 5.70. The normalized spacial score (nSPS) is 21.2. The minimum absolute atomic E-state index is 0.0110. The van der Waals surface area contributed by atoms with E-state index in [-0.39, 0.29) is 11.8 Å². The highest BCUT2D eigenvalue weighted by atomic mass is 16.6. The third kappa shape index (κ3) is 2.72. The molecular weight excluding hydrogens is 278 g/mol. The number of morpholine rings is 1. The number of benzene rings is 1. The molecule has 21 heavy (non-hydrogen) atoms. The Kier molecular flexibility index (Phi) is 3.80. The van der Waals surface area contributed by atoms with Crippen LogP contribution in [0, 0.1) is 10.1 Å². The molecule has 0 aromatic heterocycles. The van der Waals surface area contributed by atoms with Gasteiger partial charge < -0.3 is 24.8 Å². The van der Waals surface area contributed by atoms with Gasteiger partial charge in [-0.1, -0.05) is 0 Å². The Morgan fingerprint density at radius 2 is 2.00 bits per heavy atom. The summed E-state index contributed by atoms with van der Waals surface area (Å²) in [6.45, 7) is 2.82. The lowest BCUT2D eigenvalue weighted by Crippen LogP contribution is -2.45. The zero-order valence-electron chi connectivity index (χ0n) is 11.5. The molecule has 0 bridgehead atoms. The SMILES string of the molecule is NCC1CN(c2cc3c(cc2[N+](=O)[O-])OCCO3)CCO1. The maximum Gasteiger partial charge on any atom is 0.296 e. The van der Waals surface area contributed by atoms with Crippen LogP contribution in [0.15, 0.2) is 12.1 Å². The molecular formula is C13H17N3O5. The molecule has 114 valence electrons. The Bertz CT molecular complexity index is 551. The van der Waals surface area contributed by atoms with Gasteiger partial charge in [0.2, 0.25) is 0 Å². The van der Waals surface area contributed by atoms with Crippen molar-refractivity contribution < 1.29 is 19.1 Å². The van der Waals surface area contributed by atoms with Crippen molar-refractivity contribution in [2.75, 3.05) is 44.4 Å². The van der Waals surface area contributed by atoms with Crippen LogP contribution in [0.3, 0.4) is 0 Å². The van der Waals surface area contributed by atoms with Crippen LogP contribution in [0.5, 0.6) is 11.5 Å². The van der Waals surface area contributed by atoms with Crippen LogP contribution in [0.2, 0.25) is 0 Å². The Morgan fingerprint density at radius 1 is 1.29 bits per heavy atom. The molecule has 0 spiro atoms. The minimum Gasteiger partial charge on any atom is -0.486 e. The van der Waals surface area contributed by atoms with Crippen LogP contribution in [0.4, 0.5) is 11.4 Å². The molecule has 2 aliphatic rings. The highest BCUT2D eigenvalue weighted by Gasteiger charge is 2.28. The van der Waals surface area contributed by atoms with E-state index in [1.807, 2.05) is 4.90 Å². The molecule has 0 saturated carbocycles. The van der Waals surface area contributed by atoms with E-state index in [2.05, 4.69) is 0 Å². The number of nitrogens with two attached hydrogens (primary N) is 1. The molecule has 1 unspecified atom stereocenters. The molecule has 1 saturated heterocycles. The summed E-state index contributed by atoms with van der Waals surface area (Å²) in [5.74, 6) is 0.956. The van der Waals surface area contributed by atoms with E-state index in [4.69, 9.17) is 19.9 Å². The quantitative estimate of drug-likeness (QED) is 0.641. The van der Waals surface area contributed by atoms with Crippen LogP contribution in [0.1, 0.15) is 0 Å². The number of nitrogens with zero attached hydrogens (tertiary/aromatic N) is 2. The standard InChI is InChI=1S/C13H17N3O5/c14-7-9-8-15(1-2-19-9)10-5-12-13(21-4-3-20-12)6-11(10)16(17)18/h5-6,9H,1-4,7-8,14H2. The first-order valence-corrected chi connectivity index (χ1v) is 6.83. The molecule has 2 aliphatic heterocycles. The van der Waals surface area contributed by atoms with Gasteiger partial charge in [0.1, 0.15) is 18.9 Å². The molecule has 0 aliphatic carbocycles. The van der Waals surface area contributed by atoms with Crippen molar-refractivity contribution in [3.8, 4) is 11.5 Å². The molecule has 8 nitrogen and oxygen atoms in total. The molecule has 2 N–H and O–H groups in total. The van der Waals surface area contributed by atoms with E-state index in [0.717, 1.165) is 0 Å². The third-order valence-corrected chi connectivity index (χ3v) is 3.58. The van der Waals surface area contributed by atoms with E-state index in [1.165, 1.54) is 6.07 Å². The molecule has 1 aromatic carbocycles. The van der Waals surface area contributed by atoms with Crippen LogP contribution >= 0.6 is 0 Å². The first-order valence-electron chi connectivity index (χ1n) is 6.83. The van der Waals surface area contributed by atoms with Gasteiger partial charge in [-0.05, 0) is 0 Å². The lowest BCUT2D eigenvalue weighted by Gasteiger charge is -2.34. The summed E-state index contributed by atoms with van der Waals surface area (Å²) in [5, 5.41) is 11.3. The van der Waals surface area contributed by atoms with E-state index < -0.39 is 4.92 Å². The smallest absolute Gasteiger partial charge is 0.296 e. The fourth-order valence-electron chi connectivity index (χ4n) is 2.55. The van der Waals surface area contributed by atoms with Crippen molar-refractivity contribution in [1.29, 1.82) is 0 Å². The second-order valence-corrected chi connectivity index (χ2v) is 4.92. The number of ether oxygens (including phenoxy) is 3. The van der Waals surface area contributed by atoms with Crippen LogP contribution in [0.25, 0.3) is 0 Å². The predicted octanol–water partition coefficient (Wildman–Crippen LogP) is 0.530. The third-order valence-electron chi connectivity index (χ3n) is 3.58. The van der Waals surface area contributed by atoms with E-state index >= 15 is 0 Å². The van der Waals surface area contributed by atoms with E-state index in [1.54, 1.807) is 6.07 Å². The number of hydrogen-bond acceptors (Lipinski definition) is 7. The number of nitro benzene ring substituents is 1. The van der Waals surface area contributed by atoms with Gasteiger partial charge in [-0.3, -0.25) is 10.1 Å². The van der Waals surface area contributed by atoms with Gasteiger partial charge in [0.25, 0.3) is 5.69 Å². The monoisotopic (exact) mass is 295 g/mol. The molecule has 3 rings (SSSR count). The lowest BCUT2D eigenvalue weighted by molar-refractivity contribution is -0.384. The summed E-state index contributed by atoms with van der Waals surface area (Å²) in [6, 6.07) is 3.10. The number of nitro groups is 1. The first kappa shape index (κ1) is 13.9. The average Bonchev–Trinajstić information content (AvgIpc) is 2.53. The Hall–Kier alpha value is -2.06. The van der Waals surface area contributed by atoms with Gasteiger partial charge in [-0.25, -0.2) is 0 Å². The topological polar surface area (TPSA) is 100 Å². The highest BCUT2D eigenvalue weighted by Crippen LogP contribution is 2.41. The first-order chi connectivity index (χ1) is 10.2. The van der Waals surface area contributed by atoms with Gasteiger partial charge in [0.05, 0.1) is 23.7 Å². The van der Waals surface area contributed by atoms with Gasteiger partial charge in [-0.15, -0.1) is 0 Å². The van der Waals surface area contributed by atoms with E-state index in [0.29, 0.717) is 56.6 Å². The van der Waals surface area contributed by atoms with Crippen molar-refractivity contribution in [2.24, 2.45) is 5.73 Å². The second kappa shape index (κ2) is 5.74. The zero-order valence-corrected chi connectivity index (χ0v) is 11.5. The predicted molar refractivity (Wildman–Crippen MR) is 75.1 cm³/mol. The van der Waals surface area contributed by atoms with Gasteiger partial charge in [-0.2, -0.15) is 0 Å². The Morgan fingerprint density at radius 3 is 2.67 bits per heavy atom. The molecule has 2 heterocycles. The largest absolute Gasteiger partial charge is 0.486 e. The van der Waals surface area contributed by atoms with Gasteiger partial charge in [0.15, 0.2) is 11.5 Å². The summed E-state index contributed by atoms with van der Waals surface area (Å²) in [5.41, 5.74) is 6.15. The van der Waals surface area contributed by atoms with Gasteiger partial charge in [0, 0.05) is 25.7 Å². The van der Waals surface area contributed by atoms with Crippen molar-refractivity contribution in [3.05, 3.63) is 22.2 Å². The molecule has 1 fully saturated rings. The lowest BCUT2D eigenvalue weighted by atomic mass is 10.1. The Balaban J connectivity index is 1.97. The molecule has 8 heteroatoms. The summed E-state index contributed by atoms with van der Waals surface area (Å²) in [4.78, 5) is 12.8. The maximum atomic E-state index is 11.3. The zero-order chi connectivity index (χ0) is 14.8. The number of hydrogen-bond donors (Lipinski definition) is 1. The van der Waals surface area contributed by atoms with Crippen molar-refractivity contribution in [1.82, 2.24) is 0 Å². The number of rotatable bonds is 3. The summed E-state index contributed by atoms with van der Waals surface area (Å²) in [6.07, 6.45) is -0.119. The van der Waals surface area contributed by atoms with Crippen LogP contribution in [-0.2, 0) is 4.74 Å². The van der Waals surface area contributed by atoms with Crippen molar-refractivity contribution in [3.63, 3.8) is 0 Å². The maximum absolute atomic E-state index is 11.3. The number of anilines is 1. The molecule has 0 radical (unpaired) electrons. The van der Waals surface area contributed by atoms with Crippen LogP contribution in [-0.4, -0.2) is 50.5 Å². The fraction of sp³-hybridized carbons (Fsp3) is 0.538. The minimum atomic E-state index is -0.402. The molecule has 1 atom stereocenters. The van der Waals surface area contributed by atoms with Crippen molar-refractivity contribution >= 4 is 11.4 Å². The summed E-state index contributed by atoms with van der Waals surface area (Å²) in [7, 11) is 0. The molecule has 0 amide bonds. The van der Waals surface area contributed by atoms with Crippen LogP contribution < -0.4 is 20.1 Å². The Labute approximate surface area is 121 Å². The molecule has 1 aromatic rings. The summed E-state index contributed by atoms with van der Waals surface area (Å²) >= 11 is 0. The number of fused-ring (bicyclic) bond motifs is 1.